The summed E-state index contributed by atoms with van der Waals surface area (Å²) < 4.78 is 0. The molecule has 0 saturated heterocycles. The number of hydrogen-bond acceptors (Lipinski definition) is 2. The van der Waals surface area contributed by atoms with Gasteiger partial charge in [0.1, 0.15) is 6.04 Å². The predicted octanol–water partition coefficient (Wildman–Crippen LogP) is 6.67. The van der Waals surface area contributed by atoms with Crippen molar-refractivity contribution < 1.29 is 9.59 Å². The Balaban J connectivity index is 1.08. The number of hydrogen-bond donors (Lipinski definition) is 3. The summed E-state index contributed by atoms with van der Waals surface area (Å²) in [4.78, 5) is 30.5. The van der Waals surface area contributed by atoms with Gasteiger partial charge in [-0.3, -0.25) is 9.59 Å². The number of benzene rings is 2. The predicted molar refractivity (Wildman–Crippen MR) is 159 cm³/mol. The summed E-state index contributed by atoms with van der Waals surface area (Å²) in [5, 5.41) is 7.50. The van der Waals surface area contributed by atoms with Crippen LogP contribution in [0.4, 0.5) is 0 Å². The Hall–Kier alpha value is -3.08. The van der Waals surface area contributed by atoms with Crippen LogP contribution in [0.1, 0.15) is 92.6 Å². The zero-order valence-corrected chi connectivity index (χ0v) is 23.8. The normalized spacial score (nSPS) is 31.7. The van der Waals surface area contributed by atoms with E-state index in [1.165, 1.54) is 44.1 Å². The Morgan fingerprint density at radius 3 is 2.23 bits per heavy atom. The number of carbonyl (C=O) groups excluding carboxylic acids is 2. The van der Waals surface area contributed by atoms with Gasteiger partial charge in [0.25, 0.3) is 5.91 Å². The largest absolute Gasteiger partial charge is 0.361 e. The van der Waals surface area contributed by atoms with Crippen molar-refractivity contribution in [3.8, 4) is 0 Å². The Morgan fingerprint density at radius 1 is 0.900 bits per heavy atom. The first-order chi connectivity index (χ1) is 19.4. The van der Waals surface area contributed by atoms with E-state index < -0.39 is 6.04 Å². The summed E-state index contributed by atoms with van der Waals surface area (Å²) in [5.74, 6) is 3.15. The van der Waals surface area contributed by atoms with E-state index in [9.17, 15) is 9.59 Å². The van der Waals surface area contributed by atoms with E-state index in [0.717, 1.165) is 65.8 Å². The lowest BCUT2D eigenvalue weighted by Gasteiger charge is -2.57. The third-order valence-electron chi connectivity index (χ3n) is 10.9. The molecule has 1 atom stereocenters. The maximum absolute atomic E-state index is 13.6. The molecule has 5 fully saturated rings. The van der Waals surface area contributed by atoms with E-state index in [4.69, 9.17) is 0 Å². The number of nitrogens with one attached hydrogen (secondary N) is 3. The van der Waals surface area contributed by atoms with E-state index in [1.807, 2.05) is 36.5 Å². The molecule has 1 unspecified atom stereocenters. The molecular formula is C35H43N3O2. The highest BCUT2D eigenvalue weighted by Crippen LogP contribution is 2.60. The van der Waals surface area contributed by atoms with Crippen LogP contribution >= 0.6 is 0 Å². The molecule has 2 amide bonds. The number of H-pyrrole nitrogens is 1. The molecule has 2 aromatic carbocycles. The second-order valence-electron chi connectivity index (χ2n) is 13.8. The Morgan fingerprint density at radius 2 is 1.55 bits per heavy atom. The van der Waals surface area contributed by atoms with Crippen LogP contribution in [-0.2, 0) is 16.6 Å². The summed E-state index contributed by atoms with van der Waals surface area (Å²) in [6, 6.07) is 16.1. The van der Waals surface area contributed by atoms with Crippen LogP contribution in [0.5, 0.6) is 0 Å². The molecule has 0 spiro atoms. The van der Waals surface area contributed by atoms with Crippen LogP contribution in [0, 0.1) is 23.7 Å². The van der Waals surface area contributed by atoms with Gasteiger partial charge >= 0.3 is 0 Å². The zero-order chi connectivity index (χ0) is 27.3. The summed E-state index contributed by atoms with van der Waals surface area (Å²) in [5.41, 5.74) is 4.47. The second-order valence-corrected chi connectivity index (χ2v) is 13.8. The van der Waals surface area contributed by atoms with Crippen molar-refractivity contribution in [2.24, 2.45) is 23.7 Å². The lowest BCUT2D eigenvalue weighted by Crippen LogP contribution is -2.51. The van der Waals surface area contributed by atoms with Crippen molar-refractivity contribution in [1.29, 1.82) is 0 Å². The van der Waals surface area contributed by atoms with Crippen LogP contribution in [0.15, 0.2) is 54.7 Å². The topological polar surface area (TPSA) is 74.0 Å². The molecule has 4 bridgehead atoms. The molecule has 0 radical (unpaired) electrons. The number of aromatic amines is 1. The third-order valence-corrected chi connectivity index (χ3v) is 10.9. The molecule has 3 aromatic rings. The molecular weight excluding hydrogens is 494 g/mol. The van der Waals surface area contributed by atoms with Crippen LogP contribution in [-0.4, -0.2) is 28.9 Å². The van der Waals surface area contributed by atoms with E-state index in [1.54, 1.807) is 0 Å². The van der Waals surface area contributed by atoms with E-state index >= 15 is 0 Å². The lowest BCUT2D eigenvalue weighted by molar-refractivity contribution is -0.123. The van der Waals surface area contributed by atoms with Gasteiger partial charge in [0, 0.05) is 35.1 Å². The number of para-hydroxylation sites is 1. The highest BCUT2D eigenvalue weighted by Gasteiger charge is 2.51. The van der Waals surface area contributed by atoms with Gasteiger partial charge in [-0.25, -0.2) is 0 Å². The van der Waals surface area contributed by atoms with Crippen LogP contribution in [0.25, 0.3) is 10.9 Å². The van der Waals surface area contributed by atoms with Gasteiger partial charge in [0.15, 0.2) is 0 Å². The molecule has 8 rings (SSSR count). The smallest absolute Gasteiger partial charge is 0.251 e. The summed E-state index contributed by atoms with van der Waals surface area (Å²) in [6.45, 7) is 2.28. The highest BCUT2D eigenvalue weighted by molar-refractivity contribution is 5.98. The van der Waals surface area contributed by atoms with Crippen LogP contribution < -0.4 is 10.6 Å². The van der Waals surface area contributed by atoms with Gasteiger partial charge in [-0.1, -0.05) is 37.3 Å². The lowest BCUT2D eigenvalue weighted by atomic mass is 9.48. The molecule has 210 valence electrons. The standard InChI is InChI=1S/C35H43N3O2/c1-22-6-12-29(13-7-22)37-34(40)32(17-27-21-36-31-5-3-2-4-30(27)31)38-33(39)26-8-10-28(11-9-26)35-18-23-14-24(19-35)16-25(15-23)20-35/h2-5,8-11,21-25,29,32,36H,6-7,12-20H2,1H3,(H,37,40)(H,38,39). The van der Waals surface area contributed by atoms with Crippen LogP contribution in [0.2, 0.25) is 0 Å². The molecule has 5 nitrogen and oxygen atoms in total. The van der Waals surface area contributed by atoms with Gasteiger partial charge in [-0.2, -0.15) is 0 Å². The molecule has 5 aliphatic carbocycles. The van der Waals surface area contributed by atoms with Gasteiger partial charge in [-0.15, -0.1) is 0 Å². The molecule has 1 heterocycles. The monoisotopic (exact) mass is 537 g/mol. The first-order valence-electron chi connectivity index (χ1n) is 15.7. The first kappa shape index (κ1) is 25.9. The average molecular weight is 538 g/mol. The van der Waals surface area contributed by atoms with Gasteiger partial charge < -0.3 is 15.6 Å². The van der Waals surface area contributed by atoms with Crippen molar-refractivity contribution in [2.45, 2.75) is 95.1 Å². The second kappa shape index (κ2) is 10.4. The molecule has 5 aliphatic rings. The van der Waals surface area contributed by atoms with Crippen LogP contribution in [0.3, 0.4) is 0 Å². The molecule has 5 saturated carbocycles. The minimum absolute atomic E-state index is 0.0802. The molecule has 40 heavy (non-hydrogen) atoms. The zero-order valence-electron chi connectivity index (χ0n) is 23.8. The van der Waals surface area contributed by atoms with Crippen molar-refractivity contribution >= 4 is 22.7 Å². The first-order valence-corrected chi connectivity index (χ1v) is 15.7. The van der Waals surface area contributed by atoms with E-state index in [0.29, 0.717) is 17.4 Å². The summed E-state index contributed by atoms with van der Waals surface area (Å²) >= 11 is 0. The van der Waals surface area contributed by atoms with Crippen molar-refractivity contribution in [3.05, 3.63) is 71.4 Å². The van der Waals surface area contributed by atoms with E-state index in [2.05, 4.69) is 40.7 Å². The van der Waals surface area contributed by atoms with E-state index in [-0.39, 0.29) is 17.9 Å². The van der Waals surface area contributed by atoms with Crippen molar-refractivity contribution in [3.63, 3.8) is 0 Å². The molecule has 1 aromatic heterocycles. The maximum atomic E-state index is 13.6. The minimum Gasteiger partial charge on any atom is -0.361 e. The molecule has 5 heteroatoms. The number of fused-ring (bicyclic) bond motifs is 1. The average Bonchev–Trinajstić information content (AvgIpc) is 3.36. The number of aromatic nitrogens is 1. The third kappa shape index (κ3) is 4.97. The van der Waals surface area contributed by atoms with Gasteiger partial charge in [-0.05, 0) is 123 Å². The summed E-state index contributed by atoms with van der Waals surface area (Å²) in [6.07, 6.45) is 15.0. The fraction of sp³-hybridized carbons (Fsp3) is 0.543. The number of rotatable bonds is 7. The summed E-state index contributed by atoms with van der Waals surface area (Å²) in [7, 11) is 0. The quantitative estimate of drug-likeness (QED) is 0.315. The Labute approximate surface area is 237 Å². The highest BCUT2D eigenvalue weighted by atomic mass is 16.2. The number of carbonyl (C=O) groups is 2. The fourth-order valence-corrected chi connectivity index (χ4v) is 9.12. The molecule has 3 N–H and O–H groups in total. The SMILES string of the molecule is CC1CCC(NC(=O)C(Cc2c[nH]c3ccccc23)NC(=O)c2ccc(C34CC5CC(CC(C5)C3)C4)cc2)CC1. The Bertz CT molecular complexity index is 1350. The van der Waals surface area contributed by atoms with Crippen molar-refractivity contribution in [1.82, 2.24) is 15.6 Å². The van der Waals surface area contributed by atoms with Gasteiger partial charge in [0.05, 0.1) is 0 Å². The molecule has 0 aliphatic heterocycles. The number of amides is 2. The minimum atomic E-state index is -0.631. The maximum Gasteiger partial charge on any atom is 0.251 e. The fourth-order valence-electron chi connectivity index (χ4n) is 9.12. The van der Waals surface area contributed by atoms with Gasteiger partial charge in [0.2, 0.25) is 5.91 Å². The Kier molecular flexibility index (Phi) is 6.72. The van der Waals surface area contributed by atoms with Crippen molar-refractivity contribution in [2.75, 3.05) is 0 Å².